The van der Waals surface area contributed by atoms with Gasteiger partial charge in [0.1, 0.15) is 6.61 Å². The van der Waals surface area contributed by atoms with Crippen LogP contribution in [0.25, 0.3) is 0 Å². The van der Waals surface area contributed by atoms with Crippen molar-refractivity contribution in [1.29, 1.82) is 0 Å². The number of phosphoric acid groups is 2. The minimum absolute atomic E-state index is 0.428. The lowest BCUT2D eigenvalue weighted by Gasteiger charge is -2.28. The Hall–Kier alpha value is -1.72. The lowest BCUT2D eigenvalue weighted by atomic mass is 9.93. The van der Waals surface area contributed by atoms with Crippen LogP contribution < -0.4 is 11.2 Å². The second-order valence-electron chi connectivity index (χ2n) is 6.21. The number of rotatable bonds is 10. The van der Waals surface area contributed by atoms with E-state index >= 15 is 4.39 Å². The SMILES string of the molecule is C=C[C@]1(O)C(n2ccc(=O)[nH]c2=O)O[C@](F)(COP(=O)(N=O)OP(=O)(O)OP(=O)(O)O)[C@H]1O. The second-order valence-corrected chi connectivity index (χ2v) is 10.8. The number of hydrogen-bond acceptors (Lipinski definition) is 12. The third-order valence-electron chi connectivity index (χ3n) is 3.92. The normalized spacial score (nSPS) is 31.5. The number of nitrogens with one attached hydrogen (secondary N) is 1. The second kappa shape index (κ2) is 9.14. The number of ether oxygens (including phenoxy) is 1. The molecule has 6 atom stereocenters. The Kier molecular flexibility index (Phi) is 7.63. The zero-order chi connectivity index (χ0) is 25.5. The molecular weight excluding hydrogens is 526 g/mol. The molecule has 0 amide bonds. The van der Waals surface area contributed by atoms with E-state index < -0.39 is 65.0 Å². The van der Waals surface area contributed by atoms with Crippen molar-refractivity contribution in [2.45, 2.75) is 23.8 Å². The van der Waals surface area contributed by atoms with Crippen molar-refractivity contribution in [1.82, 2.24) is 9.55 Å². The fraction of sp³-hybridized carbons (Fsp3) is 0.455. The van der Waals surface area contributed by atoms with E-state index in [1.54, 1.807) is 9.93 Å². The van der Waals surface area contributed by atoms with E-state index in [2.05, 4.69) is 19.7 Å². The summed E-state index contributed by atoms with van der Waals surface area (Å²) in [5, 5.41) is 20.8. The molecule has 3 unspecified atom stereocenters. The highest BCUT2D eigenvalue weighted by Crippen LogP contribution is 2.68. The Bertz CT molecular complexity index is 1200. The maximum Gasteiger partial charge on any atom is 0.498 e. The summed E-state index contributed by atoms with van der Waals surface area (Å²) in [7, 11) is -17.4. The predicted molar refractivity (Wildman–Crippen MR) is 99.8 cm³/mol. The van der Waals surface area contributed by atoms with Gasteiger partial charge in [-0.1, -0.05) is 12.7 Å². The quantitative estimate of drug-likeness (QED) is 0.119. The van der Waals surface area contributed by atoms with Crippen LogP contribution >= 0.6 is 23.4 Å². The van der Waals surface area contributed by atoms with Crippen molar-refractivity contribution in [2.24, 2.45) is 4.95 Å². The Morgan fingerprint density at radius 1 is 1.30 bits per heavy atom. The Morgan fingerprint density at radius 3 is 2.39 bits per heavy atom. The number of nitroso groups, excluding NO2 is 1. The molecule has 1 aliphatic rings. The van der Waals surface area contributed by atoms with Crippen molar-refractivity contribution >= 4 is 23.4 Å². The molecule has 33 heavy (non-hydrogen) atoms. The van der Waals surface area contributed by atoms with Crippen LogP contribution in [0, 0.1) is 4.91 Å². The summed E-state index contributed by atoms with van der Waals surface area (Å²) >= 11 is 0. The molecule has 0 aliphatic carbocycles. The summed E-state index contributed by atoms with van der Waals surface area (Å²) in [6, 6.07) is 0.771. The molecule has 0 aromatic carbocycles. The van der Waals surface area contributed by atoms with Crippen molar-refractivity contribution in [3.05, 3.63) is 50.7 Å². The highest BCUT2D eigenvalue weighted by molar-refractivity contribution is 7.68. The van der Waals surface area contributed by atoms with Gasteiger partial charge in [0.25, 0.3) is 11.4 Å². The van der Waals surface area contributed by atoms with E-state index in [1.165, 1.54) is 0 Å². The lowest BCUT2D eigenvalue weighted by Crippen LogP contribution is -2.50. The third-order valence-corrected chi connectivity index (χ3v) is 7.90. The Morgan fingerprint density at radius 2 is 1.91 bits per heavy atom. The zero-order valence-corrected chi connectivity index (χ0v) is 18.4. The molecule has 22 heteroatoms. The van der Waals surface area contributed by atoms with Gasteiger partial charge in [-0.15, -0.1) is 4.91 Å². The number of halogens is 1. The molecule has 186 valence electrons. The number of H-pyrrole nitrogens is 1. The van der Waals surface area contributed by atoms with Gasteiger partial charge in [-0.25, -0.2) is 22.9 Å². The van der Waals surface area contributed by atoms with Crippen LogP contribution in [0.15, 0.2) is 39.5 Å². The maximum atomic E-state index is 15.3. The van der Waals surface area contributed by atoms with Crippen LogP contribution in [-0.2, 0) is 31.6 Å². The van der Waals surface area contributed by atoms with Gasteiger partial charge < -0.3 is 29.6 Å². The molecule has 6 N–H and O–H groups in total. The largest absolute Gasteiger partial charge is 0.498 e. The fourth-order valence-corrected chi connectivity index (χ4v) is 5.75. The predicted octanol–water partition coefficient (Wildman–Crippen LogP) is -0.873. The summed E-state index contributed by atoms with van der Waals surface area (Å²) in [6.45, 7) is 1.33. The minimum Gasteiger partial charge on any atom is -0.383 e. The summed E-state index contributed by atoms with van der Waals surface area (Å²) in [5.41, 5.74) is -4.92. The van der Waals surface area contributed by atoms with E-state index in [-0.39, 0.29) is 0 Å². The number of nitrogens with zero attached hydrogens (tertiary/aromatic N) is 2. The van der Waals surface area contributed by atoms with Gasteiger partial charge in [-0.05, 0) is 0 Å². The molecular formula is C11H15FN3O15P3. The number of aliphatic hydroxyl groups is 2. The van der Waals surface area contributed by atoms with Gasteiger partial charge in [0.2, 0.25) is 0 Å². The van der Waals surface area contributed by atoms with Crippen molar-refractivity contribution in [3.63, 3.8) is 0 Å². The number of alkyl halides is 1. The number of aromatic nitrogens is 2. The highest BCUT2D eigenvalue weighted by atomic mass is 31.3. The van der Waals surface area contributed by atoms with Gasteiger partial charge in [0.15, 0.2) is 17.9 Å². The van der Waals surface area contributed by atoms with Gasteiger partial charge in [0, 0.05) is 17.2 Å². The Labute approximate surface area is 180 Å². The first kappa shape index (κ1) is 27.5. The maximum absolute atomic E-state index is 15.3. The summed E-state index contributed by atoms with van der Waals surface area (Å²) in [5.74, 6) is -3.64. The van der Waals surface area contributed by atoms with E-state index in [1.807, 2.05) is 0 Å². The zero-order valence-electron chi connectivity index (χ0n) is 15.7. The summed E-state index contributed by atoms with van der Waals surface area (Å²) in [6.07, 6.45) is -3.53. The van der Waals surface area contributed by atoms with Crippen LogP contribution in [0.2, 0.25) is 0 Å². The van der Waals surface area contributed by atoms with E-state index in [0.29, 0.717) is 10.6 Å². The first-order valence-corrected chi connectivity index (χ1v) is 12.6. The van der Waals surface area contributed by atoms with Crippen molar-refractivity contribution in [3.8, 4) is 0 Å². The lowest BCUT2D eigenvalue weighted by molar-refractivity contribution is -0.203. The van der Waals surface area contributed by atoms with Crippen molar-refractivity contribution in [2.75, 3.05) is 6.61 Å². The molecule has 0 spiro atoms. The van der Waals surface area contributed by atoms with E-state index in [4.69, 9.17) is 19.4 Å². The van der Waals surface area contributed by atoms with Crippen LogP contribution in [0.3, 0.4) is 0 Å². The molecule has 1 aromatic rings. The molecule has 1 aliphatic heterocycles. The molecule has 0 bridgehead atoms. The van der Waals surface area contributed by atoms with E-state index in [0.717, 1.165) is 12.3 Å². The average Bonchev–Trinajstić information content (AvgIpc) is 2.86. The average molecular weight is 541 g/mol. The van der Waals surface area contributed by atoms with Gasteiger partial charge in [0.05, 0.1) is 0 Å². The van der Waals surface area contributed by atoms with Gasteiger partial charge in [-0.3, -0.25) is 18.9 Å². The summed E-state index contributed by atoms with van der Waals surface area (Å²) in [4.78, 5) is 63.6. The van der Waals surface area contributed by atoms with Gasteiger partial charge >= 0.3 is 29.1 Å². The van der Waals surface area contributed by atoms with E-state index in [9.17, 15) is 38.4 Å². The molecule has 2 rings (SSSR count). The van der Waals surface area contributed by atoms with Crippen LogP contribution in [0.1, 0.15) is 6.23 Å². The molecule has 18 nitrogen and oxygen atoms in total. The topological polar surface area (TPSA) is 274 Å². The molecule has 2 heterocycles. The van der Waals surface area contributed by atoms with Crippen LogP contribution in [-0.4, -0.2) is 58.6 Å². The number of hydrogen-bond donors (Lipinski definition) is 6. The molecule has 1 saturated heterocycles. The van der Waals surface area contributed by atoms with Crippen molar-refractivity contribution < 1.29 is 60.9 Å². The highest BCUT2D eigenvalue weighted by Gasteiger charge is 2.65. The number of aromatic amines is 1. The summed E-state index contributed by atoms with van der Waals surface area (Å²) < 4.78 is 65.9. The first-order valence-electron chi connectivity index (χ1n) is 8.03. The molecule has 0 saturated carbocycles. The third kappa shape index (κ3) is 6.05. The Balaban J connectivity index is 2.33. The fourth-order valence-electron chi connectivity index (χ4n) is 2.55. The standard InChI is InChI=1S/C11H15FN3O15P3/c1-2-10(19)7(17)11(12,28-8(10)15-4-3-6(16)13-9(15)18)5-27-31(21,14-20)29-33(25,26)30-32(22,23)24/h2-4,7-8,17,19H,1,5H2,(H,25,26)(H,13,16,18)(H2,22,23,24)/t7-,8?,10+,11+,31?/m0/s1. The minimum atomic E-state index is -5.97. The molecule has 1 fully saturated rings. The first-order chi connectivity index (χ1) is 14.9. The van der Waals surface area contributed by atoms with Gasteiger partial charge in [-0.2, -0.15) is 8.62 Å². The van der Waals surface area contributed by atoms with Crippen LogP contribution in [0.4, 0.5) is 4.39 Å². The monoisotopic (exact) mass is 541 g/mol. The smallest absolute Gasteiger partial charge is 0.383 e. The number of aliphatic hydroxyl groups excluding tert-OH is 1. The molecule has 0 radical (unpaired) electrons. The molecule has 1 aromatic heterocycles. The van der Waals surface area contributed by atoms with Crippen LogP contribution in [0.5, 0.6) is 0 Å².